The second-order valence-electron chi connectivity index (χ2n) is 4.80. The van der Waals surface area contributed by atoms with E-state index < -0.39 is 14.9 Å². The lowest BCUT2D eigenvalue weighted by atomic mass is 10.2. The van der Waals surface area contributed by atoms with Gasteiger partial charge in [0.2, 0.25) is 10.0 Å². The Morgan fingerprint density at radius 3 is 2.25 bits per heavy atom. The van der Waals surface area contributed by atoms with Gasteiger partial charge in [-0.25, -0.2) is 8.42 Å². The molecule has 2 N–H and O–H groups in total. The van der Waals surface area contributed by atoms with E-state index in [1.807, 2.05) is 0 Å². The molecule has 0 spiro atoms. The molecule has 0 unspecified atom stereocenters. The summed E-state index contributed by atoms with van der Waals surface area (Å²) in [5.41, 5.74) is 5.14. The molecule has 1 aliphatic heterocycles. The highest BCUT2D eigenvalue weighted by Crippen LogP contribution is 2.27. The third-order valence-corrected chi connectivity index (χ3v) is 5.29. The predicted molar refractivity (Wildman–Crippen MR) is 74.7 cm³/mol. The zero-order chi connectivity index (χ0) is 14.8. The molecule has 1 aromatic rings. The first-order chi connectivity index (χ1) is 9.43. The second kappa shape index (κ2) is 5.76. The van der Waals surface area contributed by atoms with Crippen molar-refractivity contribution >= 4 is 21.4 Å². The van der Waals surface area contributed by atoms with E-state index in [9.17, 15) is 18.5 Å². The van der Waals surface area contributed by atoms with Crippen molar-refractivity contribution < 1.29 is 13.3 Å². The van der Waals surface area contributed by atoms with Crippen molar-refractivity contribution in [2.24, 2.45) is 0 Å². The summed E-state index contributed by atoms with van der Waals surface area (Å²) in [7, 11) is -3.62. The van der Waals surface area contributed by atoms with Gasteiger partial charge in [0.25, 0.3) is 5.69 Å². The van der Waals surface area contributed by atoms with Crippen LogP contribution in [0.4, 0.5) is 11.4 Å². The van der Waals surface area contributed by atoms with Crippen LogP contribution in [-0.4, -0.2) is 30.7 Å². The SMILES string of the molecule is Nc1cc(S(=O)(=O)N2CCCCCC2)ccc1[N+](=O)[O-]. The van der Waals surface area contributed by atoms with Gasteiger partial charge in [-0.1, -0.05) is 12.8 Å². The number of hydrogen-bond donors (Lipinski definition) is 1. The number of hydrogen-bond acceptors (Lipinski definition) is 5. The molecule has 2 rings (SSSR count). The topological polar surface area (TPSA) is 107 Å². The highest BCUT2D eigenvalue weighted by atomic mass is 32.2. The van der Waals surface area contributed by atoms with Gasteiger partial charge in [-0.05, 0) is 25.0 Å². The van der Waals surface area contributed by atoms with Gasteiger partial charge in [-0.15, -0.1) is 0 Å². The van der Waals surface area contributed by atoms with Gasteiger partial charge >= 0.3 is 0 Å². The number of anilines is 1. The van der Waals surface area contributed by atoms with E-state index in [-0.39, 0.29) is 16.3 Å². The summed E-state index contributed by atoms with van der Waals surface area (Å²) in [6, 6.07) is 3.55. The second-order valence-corrected chi connectivity index (χ2v) is 6.73. The Morgan fingerprint density at radius 1 is 1.15 bits per heavy atom. The van der Waals surface area contributed by atoms with E-state index in [4.69, 9.17) is 5.73 Å². The van der Waals surface area contributed by atoms with Gasteiger partial charge in [-0.3, -0.25) is 10.1 Å². The van der Waals surface area contributed by atoms with Gasteiger partial charge in [-0.2, -0.15) is 4.31 Å². The van der Waals surface area contributed by atoms with E-state index in [1.165, 1.54) is 16.4 Å². The molecule has 0 aromatic heterocycles. The third kappa shape index (κ3) is 2.91. The minimum atomic E-state index is -3.62. The minimum absolute atomic E-state index is 0.0162. The van der Waals surface area contributed by atoms with Crippen molar-refractivity contribution in [1.29, 1.82) is 0 Å². The molecule has 1 heterocycles. The zero-order valence-electron chi connectivity index (χ0n) is 11.0. The van der Waals surface area contributed by atoms with Crippen LogP contribution < -0.4 is 5.73 Å². The molecule has 110 valence electrons. The molecule has 0 bridgehead atoms. The Labute approximate surface area is 117 Å². The number of nitro groups is 1. The number of sulfonamides is 1. The van der Waals surface area contributed by atoms with Crippen LogP contribution in [0, 0.1) is 10.1 Å². The lowest BCUT2D eigenvalue weighted by molar-refractivity contribution is -0.383. The molecule has 0 aliphatic carbocycles. The maximum absolute atomic E-state index is 12.5. The van der Waals surface area contributed by atoms with Crippen LogP contribution in [0.15, 0.2) is 23.1 Å². The van der Waals surface area contributed by atoms with Crippen molar-refractivity contribution in [3.8, 4) is 0 Å². The van der Waals surface area contributed by atoms with Crippen molar-refractivity contribution in [3.63, 3.8) is 0 Å². The Bertz CT molecular complexity index is 607. The predicted octanol–water partition coefficient (Wildman–Crippen LogP) is 1.74. The molecule has 0 radical (unpaired) electrons. The largest absolute Gasteiger partial charge is 0.393 e. The maximum atomic E-state index is 12.5. The lowest BCUT2D eigenvalue weighted by Crippen LogP contribution is -2.32. The highest BCUT2D eigenvalue weighted by molar-refractivity contribution is 7.89. The first kappa shape index (κ1) is 14.7. The van der Waals surface area contributed by atoms with Gasteiger partial charge < -0.3 is 5.73 Å². The van der Waals surface area contributed by atoms with Gasteiger partial charge in [0.15, 0.2) is 0 Å². The summed E-state index contributed by atoms with van der Waals surface area (Å²) in [6.45, 7) is 0.971. The van der Waals surface area contributed by atoms with Gasteiger partial charge in [0, 0.05) is 19.2 Å². The maximum Gasteiger partial charge on any atom is 0.292 e. The van der Waals surface area contributed by atoms with Crippen LogP contribution in [0.5, 0.6) is 0 Å². The quantitative estimate of drug-likeness (QED) is 0.519. The molecule has 1 aliphatic rings. The van der Waals surface area contributed by atoms with E-state index in [2.05, 4.69) is 0 Å². The molecule has 1 saturated heterocycles. The Hall–Kier alpha value is -1.67. The first-order valence-corrected chi connectivity index (χ1v) is 7.91. The van der Waals surface area contributed by atoms with Crippen LogP contribution in [0.25, 0.3) is 0 Å². The standard InChI is InChI=1S/C12H17N3O4S/c13-11-9-10(5-6-12(11)15(16)17)20(18,19)14-7-3-1-2-4-8-14/h5-6,9H,1-4,7-8,13H2. The fourth-order valence-electron chi connectivity index (χ4n) is 2.29. The number of nitrogens with zero attached hydrogens (tertiary/aromatic N) is 2. The van der Waals surface area contributed by atoms with E-state index in [1.54, 1.807) is 0 Å². The molecule has 8 heteroatoms. The Morgan fingerprint density at radius 2 is 1.75 bits per heavy atom. The summed E-state index contributed by atoms with van der Waals surface area (Å²) < 4.78 is 26.4. The summed E-state index contributed by atoms with van der Waals surface area (Å²) >= 11 is 0. The lowest BCUT2D eigenvalue weighted by Gasteiger charge is -2.20. The average molecular weight is 299 g/mol. The fraction of sp³-hybridized carbons (Fsp3) is 0.500. The van der Waals surface area contributed by atoms with Crippen LogP contribution in [0.3, 0.4) is 0 Å². The molecule has 20 heavy (non-hydrogen) atoms. The first-order valence-electron chi connectivity index (χ1n) is 6.47. The number of nitrogens with two attached hydrogens (primary N) is 1. The number of benzene rings is 1. The molecule has 1 aromatic carbocycles. The summed E-state index contributed by atoms with van der Waals surface area (Å²) in [5, 5.41) is 10.7. The van der Waals surface area contributed by atoms with Crippen molar-refractivity contribution in [2.75, 3.05) is 18.8 Å². The summed E-state index contributed by atoms with van der Waals surface area (Å²) in [6.07, 6.45) is 3.71. The smallest absolute Gasteiger partial charge is 0.292 e. The molecular weight excluding hydrogens is 282 g/mol. The minimum Gasteiger partial charge on any atom is -0.393 e. The fourth-order valence-corrected chi connectivity index (χ4v) is 3.84. The average Bonchev–Trinajstić information content (AvgIpc) is 2.67. The normalized spacial score (nSPS) is 17.6. The third-order valence-electron chi connectivity index (χ3n) is 3.40. The number of nitrogen functional groups attached to an aromatic ring is 1. The summed E-state index contributed by atoms with van der Waals surface area (Å²) in [4.78, 5) is 10.1. The van der Waals surface area contributed by atoms with Crippen LogP contribution in [0.1, 0.15) is 25.7 Å². The zero-order valence-corrected chi connectivity index (χ0v) is 11.8. The van der Waals surface area contributed by atoms with E-state index >= 15 is 0 Å². The molecule has 7 nitrogen and oxygen atoms in total. The van der Waals surface area contributed by atoms with Gasteiger partial charge in [0.05, 0.1) is 9.82 Å². The highest BCUT2D eigenvalue weighted by Gasteiger charge is 2.26. The van der Waals surface area contributed by atoms with Crippen molar-refractivity contribution in [2.45, 2.75) is 30.6 Å². The van der Waals surface area contributed by atoms with E-state index in [0.717, 1.165) is 31.7 Å². The molecule has 0 atom stereocenters. The van der Waals surface area contributed by atoms with E-state index in [0.29, 0.717) is 13.1 Å². The molecule has 0 amide bonds. The Balaban J connectivity index is 2.34. The monoisotopic (exact) mass is 299 g/mol. The molecule has 0 saturated carbocycles. The number of rotatable bonds is 3. The van der Waals surface area contributed by atoms with Crippen molar-refractivity contribution in [3.05, 3.63) is 28.3 Å². The summed E-state index contributed by atoms with van der Waals surface area (Å²) in [5.74, 6) is 0. The molecule has 1 fully saturated rings. The molecular formula is C12H17N3O4S. The van der Waals surface area contributed by atoms with Crippen molar-refractivity contribution in [1.82, 2.24) is 4.31 Å². The Kier molecular flexibility index (Phi) is 4.24. The van der Waals surface area contributed by atoms with Crippen LogP contribution >= 0.6 is 0 Å². The van der Waals surface area contributed by atoms with Crippen LogP contribution in [0.2, 0.25) is 0 Å². The van der Waals surface area contributed by atoms with Crippen LogP contribution in [-0.2, 0) is 10.0 Å². The number of nitro benzene ring substituents is 1. The van der Waals surface area contributed by atoms with Gasteiger partial charge in [0.1, 0.15) is 5.69 Å².